The molecule has 0 amide bonds. The lowest BCUT2D eigenvalue weighted by molar-refractivity contribution is 0.315. The van der Waals surface area contributed by atoms with Crippen LogP contribution in [0.5, 0.6) is 0 Å². The average Bonchev–Trinajstić information content (AvgIpc) is 2.33. The molecule has 4 heteroatoms. The molecule has 0 fully saturated rings. The Hall–Kier alpha value is -1.94. The molecule has 0 unspecified atom stereocenters. The van der Waals surface area contributed by atoms with E-state index in [2.05, 4.69) is 20.9 Å². The van der Waals surface area contributed by atoms with E-state index in [9.17, 15) is 0 Å². The van der Waals surface area contributed by atoms with E-state index in [1.807, 2.05) is 31.4 Å². The minimum absolute atomic E-state index is 0.738. The number of hydrogen-bond acceptors (Lipinski definition) is 4. The molecular weight excluding hydrogens is 212 g/mol. The van der Waals surface area contributed by atoms with E-state index < -0.39 is 0 Å². The average molecular weight is 228 g/mol. The predicted molar refractivity (Wildman–Crippen MR) is 68.1 cm³/mol. The molecule has 0 radical (unpaired) electrons. The molecule has 2 rings (SSSR count). The molecule has 0 aliphatic carbocycles. The molecule has 0 aromatic carbocycles. The van der Waals surface area contributed by atoms with Gasteiger partial charge in [-0.25, -0.2) is 0 Å². The molecule has 0 saturated carbocycles. The quantitative estimate of drug-likeness (QED) is 0.865. The fourth-order valence-corrected chi connectivity index (χ4v) is 1.70. The third-order valence-electron chi connectivity index (χ3n) is 2.52. The number of nitrogen functional groups attached to an aromatic ring is 1. The third-order valence-corrected chi connectivity index (χ3v) is 2.52. The van der Waals surface area contributed by atoms with Gasteiger partial charge in [-0.2, -0.15) is 0 Å². The molecule has 0 spiro atoms. The molecule has 0 aliphatic heterocycles. The van der Waals surface area contributed by atoms with Gasteiger partial charge in [0.25, 0.3) is 0 Å². The summed E-state index contributed by atoms with van der Waals surface area (Å²) in [6.07, 6.45) is 5.42. The van der Waals surface area contributed by atoms with E-state index >= 15 is 0 Å². The minimum atomic E-state index is 0.738. The minimum Gasteiger partial charge on any atom is -0.397 e. The van der Waals surface area contributed by atoms with Crippen LogP contribution < -0.4 is 5.73 Å². The summed E-state index contributed by atoms with van der Waals surface area (Å²) in [4.78, 5) is 10.5. The van der Waals surface area contributed by atoms with E-state index in [0.29, 0.717) is 0 Å². The van der Waals surface area contributed by atoms with Gasteiger partial charge in [0.05, 0.1) is 11.4 Å². The summed E-state index contributed by atoms with van der Waals surface area (Å²) in [5, 5.41) is 0. The molecule has 2 heterocycles. The molecule has 0 atom stereocenters. The highest BCUT2D eigenvalue weighted by molar-refractivity contribution is 5.41. The summed E-state index contributed by atoms with van der Waals surface area (Å²) in [5.41, 5.74) is 8.70. The molecular formula is C13H16N4. The molecule has 4 nitrogen and oxygen atoms in total. The van der Waals surface area contributed by atoms with Crippen molar-refractivity contribution in [2.24, 2.45) is 0 Å². The zero-order valence-electron chi connectivity index (χ0n) is 9.87. The van der Waals surface area contributed by atoms with Crippen LogP contribution in [0.15, 0.2) is 42.9 Å². The number of aromatic nitrogens is 2. The van der Waals surface area contributed by atoms with Gasteiger partial charge in [0.2, 0.25) is 0 Å². The molecule has 0 saturated heterocycles. The molecule has 2 aromatic rings. The maximum Gasteiger partial charge on any atom is 0.0772 e. The van der Waals surface area contributed by atoms with E-state index in [0.717, 1.165) is 24.5 Å². The van der Waals surface area contributed by atoms with Crippen LogP contribution in [0, 0.1) is 0 Å². The van der Waals surface area contributed by atoms with Gasteiger partial charge in [0.1, 0.15) is 0 Å². The maximum absolute atomic E-state index is 5.86. The van der Waals surface area contributed by atoms with E-state index in [1.165, 1.54) is 5.56 Å². The van der Waals surface area contributed by atoms with Gasteiger partial charge in [0.15, 0.2) is 0 Å². The molecule has 88 valence electrons. The Kier molecular flexibility index (Phi) is 3.67. The first kappa shape index (κ1) is 11.5. The molecule has 0 aliphatic rings. The highest BCUT2D eigenvalue weighted by Crippen LogP contribution is 2.11. The van der Waals surface area contributed by atoms with Crippen LogP contribution in [0.1, 0.15) is 11.3 Å². The largest absolute Gasteiger partial charge is 0.397 e. The Bertz CT molecular complexity index is 470. The summed E-state index contributed by atoms with van der Waals surface area (Å²) in [6.45, 7) is 1.57. The summed E-state index contributed by atoms with van der Waals surface area (Å²) >= 11 is 0. The number of rotatable bonds is 4. The third kappa shape index (κ3) is 3.26. The normalized spacial score (nSPS) is 10.7. The van der Waals surface area contributed by atoms with E-state index in [1.54, 1.807) is 12.4 Å². The predicted octanol–water partition coefficient (Wildman–Crippen LogP) is 1.69. The van der Waals surface area contributed by atoms with Gasteiger partial charge >= 0.3 is 0 Å². The second-order valence-corrected chi connectivity index (χ2v) is 4.07. The fourth-order valence-electron chi connectivity index (χ4n) is 1.70. The second-order valence-electron chi connectivity index (χ2n) is 4.07. The number of anilines is 1. The standard InChI is InChI=1S/C13H16N4/c1-17(9-11-4-2-6-15-8-11)10-13-12(14)5-3-7-16-13/h2-8H,9-10,14H2,1H3. The Morgan fingerprint density at radius 2 is 2.00 bits per heavy atom. The molecule has 2 aromatic heterocycles. The van der Waals surface area contributed by atoms with Crippen LogP contribution in [-0.4, -0.2) is 21.9 Å². The number of nitrogens with two attached hydrogens (primary N) is 1. The molecule has 17 heavy (non-hydrogen) atoms. The number of hydrogen-bond donors (Lipinski definition) is 1. The fraction of sp³-hybridized carbons (Fsp3) is 0.231. The lowest BCUT2D eigenvalue weighted by Gasteiger charge is -2.16. The highest BCUT2D eigenvalue weighted by Gasteiger charge is 2.05. The van der Waals surface area contributed by atoms with Crippen molar-refractivity contribution in [1.29, 1.82) is 0 Å². The Labute approximate surface area is 101 Å². The van der Waals surface area contributed by atoms with Crippen LogP contribution >= 0.6 is 0 Å². The smallest absolute Gasteiger partial charge is 0.0772 e. The van der Waals surface area contributed by atoms with Gasteiger partial charge in [-0.15, -0.1) is 0 Å². The zero-order chi connectivity index (χ0) is 12.1. The summed E-state index contributed by atoms with van der Waals surface area (Å²) in [6, 6.07) is 7.73. The van der Waals surface area contributed by atoms with Crippen LogP contribution in [-0.2, 0) is 13.1 Å². The van der Waals surface area contributed by atoms with Gasteiger partial charge in [-0.3, -0.25) is 14.9 Å². The lowest BCUT2D eigenvalue weighted by Crippen LogP contribution is -2.18. The van der Waals surface area contributed by atoms with Crippen LogP contribution in [0.3, 0.4) is 0 Å². The first-order valence-electron chi connectivity index (χ1n) is 5.52. The first-order chi connectivity index (χ1) is 8.25. The zero-order valence-corrected chi connectivity index (χ0v) is 9.87. The van der Waals surface area contributed by atoms with E-state index in [-0.39, 0.29) is 0 Å². The second kappa shape index (κ2) is 5.41. The van der Waals surface area contributed by atoms with Crippen LogP contribution in [0.4, 0.5) is 5.69 Å². The first-order valence-corrected chi connectivity index (χ1v) is 5.52. The van der Waals surface area contributed by atoms with Crippen molar-refractivity contribution in [3.8, 4) is 0 Å². The topological polar surface area (TPSA) is 55.0 Å². The van der Waals surface area contributed by atoms with Crippen molar-refractivity contribution in [3.05, 3.63) is 54.1 Å². The van der Waals surface area contributed by atoms with Crippen molar-refractivity contribution in [1.82, 2.24) is 14.9 Å². The van der Waals surface area contributed by atoms with Crippen molar-refractivity contribution in [3.63, 3.8) is 0 Å². The summed E-state index contributed by atoms with van der Waals surface area (Å²) < 4.78 is 0. The van der Waals surface area contributed by atoms with Crippen LogP contribution in [0.2, 0.25) is 0 Å². The Morgan fingerprint density at radius 3 is 2.71 bits per heavy atom. The van der Waals surface area contributed by atoms with Crippen molar-refractivity contribution < 1.29 is 0 Å². The van der Waals surface area contributed by atoms with Crippen molar-refractivity contribution in [2.75, 3.05) is 12.8 Å². The Balaban J connectivity index is 1.98. The monoisotopic (exact) mass is 228 g/mol. The molecule has 2 N–H and O–H groups in total. The lowest BCUT2D eigenvalue weighted by atomic mass is 10.2. The van der Waals surface area contributed by atoms with E-state index in [4.69, 9.17) is 5.73 Å². The van der Waals surface area contributed by atoms with Gasteiger partial charge in [-0.1, -0.05) is 6.07 Å². The summed E-state index contributed by atoms with van der Waals surface area (Å²) in [5.74, 6) is 0. The Morgan fingerprint density at radius 1 is 1.18 bits per heavy atom. The number of pyridine rings is 2. The van der Waals surface area contributed by atoms with Gasteiger partial charge < -0.3 is 5.73 Å². The SMILES string of the molecule is CN(Cc1cccnc1)Cc1ncccc1N. The highest BCUT2D eigenvalue weighted by atomic mass is 15.1. The number of nitrogens with zero attached hydrogens (tertiary/aromatic N) is 3. The summed E-state index contributed by atoms with van der Waals surface area (Å²) in [7, 11) is 2.04. The van der Waals surface area contributed by atoms with Gasteiger partial charge in [-0.05, 0) is 30.8 Å². The van der Waals surface area contributed by atoms with Crippen molar-refractivity contribution in [2.45, 2.75) is 13.1 Å². The van der Waals surface area contributed by atoms with Crippen LogP contribution in [0.25, 0.3) is 0 Å². The molecule has 0 bridgehead atoms. The van der Waals surface area contributed by atoms with Gasteiger partial charge in [0, 0.05) is 31.7 Å². The maximum atomic E-state index is 5.86. The van der Waals surface area contributed by atoms with Crippen molar-refractivity contribution >= 4 is 5.69 Å².